The second kappa shape index (κ2) is 6.66. The van der Waals surface area contributed by atoms with E-state index < -0.39 is 0 Å². The largest absolute Gasteiger partial charge is 0.394 e. The van der Waals surface area contributed by atoms with Crippen LogP contribution in [0.15, 0.2) is 0 Å². The van der Waals surface area contributed by atoms with Crippen LogP contribution in [0.2, 0.25) is 0 Å². The van der Waals surface area contributed by atoms with Gasteiger partial charge >= 0.3 is 0 Å². The summed E-state index contributed by atoms with van der Waals surface area (Å²) >= 11 is 5.56. The Labute approximate surface area is 79.3 Å². The summed E-state index contributed by atoms with van der Waals surface area (Å²) in [5, 5.41) is 8.73. The van der Waals surface area contributed by atoms with Crippen LogP contribution in [0.5, 0.6) is 0 Å². The van der Waals surface area contributed by atoms with Gasteiger partial charge in [0.15, 0.2) is 0 Å². The molecular weight excluding hydrogens is 178 g/mol. The monoisotopic (exact) mass is 195 g/mol. The topological polar surface area (TPSA) is 32.7 Å². The summed E-state index contributed by atoms with van der Waals surface area (Å²) < 4.78 is 5.43. The minimum Gasteiger partial charge on any atom is -0.394 e. The second-order valence-corrected chi connectivity index (χ2v) is 3.28. The maximum Gasteiger partial charge on any atom is 0.108 e. The van der Waals surface area contributed by atoms with Crippen molar-refractivity contribution in [1.82, 2.24) is 4.90 Å². The molecule has 0 bridgehead atoms. The Hall–Kier alpha value is 0.170. The summed E-state index contributed by atoms with van der Waals surface area (Å²) in [6.07, 6.45) is -0.108. The summed E-state index contributed by atoms with van der Waals surface area (Å²) in [7, 11) is 1.94. The Morgan fingerprint density at radius 3 is 2.50 bits per heavy atom. The summed E-state index contributed by atoms with van der Waals surface area (Å²) in [6, 6.07) is 0. The number of rotatable bonds is 6. The zero-order chi connectivity index (χ0) is 9.56. The molecule has 0 aromatic heterocycles. The van der Waals surface area contributed by atoms with Crippen LogP contribution < -0.4 is 0 Å². The molecule has 0 fully saturated rings. The molecule has 0 aliphatic carbocycles. The van der Waals surface area contributed by atoms with E-state index in [2.05, 4.69) is 0 Å². The fourth-order valence-electron chi connectivity index (χ4n) is 0.798. The van der Waals surface area contributed by atoms with E-state index in [0.29, 0.717) is 5.88 Å². The molecule has 12 heavy (non-hydrogen) atoms. The maximum absolute atomic E-state index is 8.73. The lowest BCUT2D eigenvalue weighted by Gasteiger charge is -2.26. The van der Waals surface area contributed by atoms with Gasteiger partial charge in [0.25, 0.3) is 0 Å². The average molecular weight is 196 g/mol. The van der Waals surface area contributed by atoms with E-state index in [1.165, 1.54) is 0 Å². The number of hydrogen-bond acceptors (Lipinski definition) is 3. The molecule has 3 nitrogen and oxygen atoms in total. The molecule has 1 N–H and O–H groups in total. The summed E-state index contributed by atoms with van der Waals surface area (Å²) in [5.74, 6) is 0.595. The zero-order valence-corrected chi connectivity index (χ0v) is 8.71. The van der Waals surface area contributed by atoms with E-state index in [9.17, 15) is 0 Å². The van der Waals surface area contributed by atoms with E-state index in [-0.39, 0.29) is 18.9 Å². The molecule has 74 valence electrons. The summed E-state index contributed by atoms with van der Waals surface area (Å²) in [5.41, 5.74) is 0. The lowest BCUT2D eigenvalue weighted by Crippen LogP contribution is -2.36. The molecule has 2 unspecified atom stereocenters. The van der Waals surface area contributed by atoms with Gasteiger partial charge in [0.1, 0.15) is 6.23 Å². The third kappa shape index (κ3) is 4.93. The number of aliphatic hydroxyl groups excluding tert-OH is 1. The average Bonchev–Trinajstić information content (AvgIpc) is 2.04. The van der Waals surface area contributed by atoms with Crippen LogP contribution in [0, 0.1) is 0 Å². The standard InChI is InChI=1S/C8H18ClNO2/c1-7(6-11)12-8(2)10(3)5-4-9/h7-8,11H,4-6H2,1-3H3. The smallest absolute Gasteiger partial charge is 0.108 e. The van der Waals surface area contributed by atoms with Crippen molar-refractivity contribution >= 4 is 11.6 Å². The first kappa shape index (κ1) is 12.2. The number of aliphatic hydroxyl groups is 1. The lowest BCUT2D eigenvalue weighted by molar-refractivity contribution is -0.0863. The molecule has 0 aliphatic rings. The molecule has 0 aromatic rings. The van der Waals surface area contributed by atoms with Crippen LogP contribution in [-0.4, -0.2) is 48.4 Å². The van der Waals surface area contributed by atoms with Gasteiger partial charge in [-0.15, -0.1) is 11.6 Å². The first-order valence-electron chi connectivity index (χ1n) is 4.14. The highest BCUT2D eigenvalue weighted by atomic mass is 35.5. The van der Waals surface area contributed by atoms with Crippen LogP contribution in [0.4, 0.5) is 0 Å². The van der Waals surface area contributed by atoms with Crippen LogP contribution in [-0.2, 0) is 4.74 Å². The van der Waals surface area contributed by atoms with E-state index >= 15 is 0 Å². The predicted octanol–water partition coefficient (Wildman–Crippen LogP) is 0.900. The van der Waals surface area contributed by atoms with Crippen molar-refractivity contribution in [1.29, 1.82) is 0 Å². The number of hydrogen-bond donors (Lipinski definition) is 1. The molecule has 0 saturated carbocycles. The van der Waals surface area contributed by atoms with E-state index in [4.69, 9.17) is 21.4 Å². The molecule has 0 radical (unpaired) electrons. The van der Waals surface area contributed by atoms with Gasteiger partial charge in [0, 0.05) is 12.4 Å². The molecule has 0 heterocycles. The van der Waals surface area contributed by atoms with Crippen LogP contribution >= 0.6 is 11.6 Å². The Morgan fingerprint density at radius 2 is 2.08 bits per heavy atom. The molecule has 0 amide bonds. The Bertz CT molecular complexity index is 113. The maximum atomic E-state index is 8.73. The molecule has 2 atom stereocenters. The number of nitrogens with zero attached hydrogens (tertiary/aromatic N) is 1. The van der Waals surface area contributed by atoms with Crippen LogP contribution in [0.25, 0.3) is 0 Å². The molecule has 0 spiro atoms. The minimum absolute atomic E-state index is 0.00546. The Balaban J connectivity index is 3.62. The highest BCUT2D eigenvalue weighted by molar-refractivity contribution is 6.18. The third-order valence-corrected chi connectivity index (χ3v) is 1.91. The van der Waals surface area contributed by atoms with Gasteiger partial charge < -0.3 is 9.84 Å². The van der Waals surface area contributed by atoms with Crippen molar-refractivity contribution < 1.29 is 9.84 Å². The first-order valence-corrected chi connectivity index (χ1v) is 4.67. The van der Waals surface area contributed by atoms with E-state index in [1.807, 2.05) is 25.8 Å². The van der Waals surface area contributed by atoms with Gasteiger partial charge in [-0.2, -0.15) is 0 Å². The molecular formula is C8H18ClNO2. The van der Waals surface area contributed by atoms with Crippen molar-refractivity contribution in [2.45, 2.75) is 26.2 Å². The first-order chi connectivity index (χ1) is 5.61. The van der Waals surface area contributed by atoms with E-state index in [1.54, 1.807) is 0 Å². The quantitative estimate of drug-likeness (QED) is 0.505. The molecule has 0 rings (SSSR count). The van der Waals surface area contributed by atoms with Gasteiger partial charge in [-0.3, -0.25) is 4.90 Å². The van der Waals surface area contributed by atoms with Gasteiger partial charge in [-0.1, -0.05) is 0 Å². The van der Waals surface area contributed by atoms with E-state index in [0.717, 1.165) is 6.54 Å². The predicted molar refractivity (Wildman–Crippen MR) is 50.4 cm³/mol. The summed E-state index contributed by atoms with van der Waals surface area (Å²) in [6.45, 7) is 4.63. The third-order valence-electron chi connectivity index (χ3n) is 1.74. The van der Waals surface area contributed by atoms with Gasteiger partial charge in [0.2, 0.25) is 0 Å². The Kier molecular flexibility index (Phi) is 6.76. The molecule has 0 aromatic carbocycles. The highest BCUT2D eigenvalue weighted by Gasteiger charge is 2.11. The SMILES string of the molecule is CC(CO)OC(C)N(C)CCCl. The zero-order valence-electron chi connectivity index (χ0n) is 7.96. The van der Waals surface area contributed by atoms with Gasteiger partial charge in [-0.05, 0) is 20.9 Å². The number of halogens is 1. The van der Waals surface area contributed by atoms with Crippen LogP contribution in [0.3, 0.4) is 0 Å². The second-order valence-electron chi connectivity index (χ2n) is 2.90. The molecule has 4 heteroatoms. The minimum atomic E-state index is -0.113. The van der Waals surface area contributed by atoms with Gasteiger partial charge in [0.05, 0.1) is 12.7 Å². The van der Waals surface area contributed by atoms with Crippen molar-refractivity contribution in [3.8, 4) is 0 Å². The Morgan fingerprint density at radius 1 is 1.50 bits per heavy atom. The van der Waals surface area contributed by atoms with Crippen molar-refractivity contribution in [2.75, 3.05) is 26.1 Å². The number of alkyl halides is 1. The van der Waals surface area contributed by atoms with Gasteiger partial charge in [-0.25, -0.2) is 0 Å². The van der Waals surface area contributed by atoms with Crippen molar-refractivity contribution in [3.05, 3.63) is 0 Å². The lowest BCUT2D eigenvalue weighted by atomic mass is 10.4. The number of ether oxygens (including phenoxy) is 1. The van der Waals surface area contributed by atoms with Crippen LogP contribution in [0.1, 0.15) is 13.8 Å². The normalized spacial score (nSPS) is 16.5. The van der Waals surface area contributed by atoms with Crippen molar-refractivity contribution in [3.63, 3.8) is 0 Å². The summed E-state index contributed by atoms with van der Waals surface area (Å²) in [4.78, 5) is 2.00. The van der Waals surface area contributed by atoms with Crippen molar-refractivity contribution in [2.24, 2.45) is 0 Å². The molecule has 0 aliphatic heterocycles. The fourth-order valence-corrected chi connectivity index (χ4v) is 1.06. The molecule has 0 saturated heterocycles. The fraction of sp³-hybridized carbons (Fsp3) is 1.00. The highest BCUT2D eigenvalue weighted by Crippen LogP contribution is 2.01.